The van der Waals surface area contributed by atoms with Crippen LogP contribution in [0.25, 0.3) is 0 Å². The third-order valence-electron chi connectivity index (χ3n) is 4.07. The first kappa shape index (κ1) is 22.0. The Morgan fingerprint density at radius 3 is 2.80 bits per heavy atom. The van der Waals surface area contributed by atoms with Gasteiger partial charge in [-0.2, -0.15) is 0 Å². The van der Waals surface area contributed by atoms with Gasteiger partial charge in [0.2, 0.25) is 0 Å². The molecular weight excluding hydrogens is 429 g/mol. The Kier molecular flexibility index (Phi) is 10.1. The number of hydrogen-bond acceptors (Lipinski definition) is 4. The number of aliphatic imine (C=N–C) groups is 1. The molecule has 0 aliphatic carbocycles. The van der Waals surface area contributed by atoms with Gasteiger partial charge in [0.05, 0.1) is 12.7 Å². The van der Waals surface area contributed by atoms with Crippen molar-refractivity contribution in [1.29, 1.82) is 0 Å². The number of rotatable bonds is 6. The van der Waals surface area contributed by atoms with Crippen molar-refractivity contribution < 1.29 is 4.74 Å². The Labute approximate surface area is 168 Å². The number of pyridine rings is 1. The number of halogens is 1. The molecule has 1 aliphatic rings. The van der Waals surface area contributed by atoms with Crippen LogP contribution in [0.2, 0.25) is 0 Å². The number of hydrogen-bond donors (Lipinski definition) is 2. The summed E-state index contributed by atoms with van der Waals surface area (Å²) in [6.45, 7) is 10.8. The van der Waals surface area contributed by atoms with Crippen molar-refractivity contribution in [2.45, 2.75) is 39.8 Å². The van der Waals surface area contributed by atoms with Crippen molar-refractivity contribution in [3.63, 3.8) is 0 Å². The maximum atomic E-state index is 5.58. The molecule has 0 bridgehead atoms. The van der Waals surface area contributed by atoms with E-state index in [1.54, 1.807) is 7.05 Å². The summed E-state index contributed by atoms with van der Waals surface area (Å²) in [4.78, 5) is 11.1. The topological polar surface area (TPSA) is 61.8 Å². The summed E-state index contributed by atoms with van der Waals surface area (Å²) < 4.78 is 5.58. The fourth-order valence-corrected chi connectivity index (χ4v) is 2.62. The van der Waals surface area contributed by atoms with Gasteiger partial charge in [0.25, 0.3) is 0 Å². The number of guanidine groups is 1. The van der Waals surface area contributed by atoms with Crippen LogP contribution >= 0.6 is 24.0 Å². The van der Waals surface area contributed by atoms with Crippen LogP contribution in [0.3, 0.4) is 0 Å². The molecule has 1 fully saturated rings. The molecule has 1 unspecified atom stereocenters. The van der Waals surface area contributed by atoms with Crippen molar-refractivity contribution >= 4 is 35.8 Å². The van der Waals surface area contributed by atoms with E-state index < -0.39 is 0 Å². The van der Waals surface area contributed by atoms with Gasteiger partial charge in [-0.15, -0.1) is 24.0 Å². The second-order valence-corrected chi connectivity index (χ2v) is 6.69. The predicted molar refractivity (Wildman–Crippen MR) is 115 cm³/mol. The third kappa shape index (κ3) is 7.77. The van der Waals surface area contributed by atoms with E-state index in [4.69, 9.17) is 4.74 Å². The normalized spacial score (nSPS) is 18.0. The lowest BCUT2D eigenvalue weighted by Gasteiger charge is -2.32. The van der Waals surface area contributed by atoms with E-state index >= 15 is 0 Å². The van der Waals surface area contributed by atoms with E-state index in [2.05, 4.69) is 58.4 Å². The SMILES string of the molecule is CN=C(NCCC(C)C)NCc1ccc(N2CCOC(C)C2)nc1.I. The molecule has 1 saturated heterocycles. The molecule has 1 aromatic rings. The van der Waals surface area contributed by atoms with Crippen LogP contribution in [-0.2, 0) is 11.3 Å². The predicted octanol–water partition coefficient (Wildman–Crippen LogP) is 2.64. The Morgan fingerprint density at radius 1 is 1.40 bits per heavy atom. The summed E-state index contributed by atoms with van der Waals surface area (Å²) in [7, 11) is 1.80. The smallest absolute Gasteiger partial charge is 0.191 e. The standard InChI is InChI=1S/C18H31N5O.HI/c1-14(2)7-8-20-18(19-4)22-12-16-5-6-17(21-11-16)23-9-10-24-15(3)13-23;/h5-6,11,14-15H,7-10,12-13H2,1-4H3,(H2,19,20,22);1H. The maximum absolute atomic E-state index is 5.58. The van der Waals surface area contributed by atoms with Crippen LogP contribution in [0.1, 0.15) is 32.8 Å². The number of anilines is 1. The van der Waals surface area contributed by atoms with E-state index in [0.717, 1.165) is 50.0 Å². The molecule has 1 aliphatic heterocycles. The van der Waals surface area contributed by atoms with Gasteiger partial charge in [-0.3, -0.25) is 4.99 Å². The highest BCUT2D eigenvalue weighted by molar-refractivity contribution is 14.0. The fraction of sp³-hybridized carbons (Fsp3) is 0.667. The van der Waals surface area contributed by atoms with Crippen LogP contribution in [0.4, 0.5) is 5.82 Å². The molecule has 2 rings (SSSR count). The minimum Gasteiger partial charge on any atom is -0.375 e. The third-order valence-corrected chi connectivity index (χ3v) is 4.07. The zero-order valence-corrected chi connectivity index (χ0v) is 18.1. The van der Waals surface area contributed by atoms with Gasteiger partial charge in [-0.1, -0.05) is 19.9 Å². The van der Waals surface area contributed by atoms with Gasteiger partial charge in [-0.25, -0.2) is 4.98 Å². The molecule has 142 valence electrons. The number of aromatic nitrogens is 1. The summed E-state index contributed by atoms with van der Waals surface area (Å²) in [5.41, 5.74) is 1.15. The van der Waals surface area contributed by atoms with Gasteiger partial charge in [-0.05, 0) is 30.9 Å². The minimum absolute atomic E-state index is 0. The number of nitrogens with one attached hydrogen (secondary N) is 2. The van der Waals surface area contributed by atoms with Crippen LogP contribution in [-0.4, -0.2) is 50.3 Å². The van der Waals surface area contributed by atoms with E-state index in [1.165, 1.54) is 0 Å². The first-order chi connectivity index (χ1) is 11.6. The summed E-state index contributed by atoms with van der Waals surface area (Å²) in [6.07, 6.45) is 3.33. The molecular formula is C18H32IN5O. The molecule has 7 heteroatoms. The van der Waals surface area contributed by atoms with E-state index in [0.29, 0.717) is 12.5 Å². The molecule has 0 spiro atoms. The highest BCUT2D eigenvalue weighted by Crippen LogP contribution is 2.15. The fourth-order valence-electron chi connectivity index (χ4n) is 2.62. The minimum atomic E-state index is 0. The molecule has 0 amide bonds. The summed E-state index contributed by atoms with van der Waals surface area (Å²) >= 11 is 0. The lowest BCUT2D eigenvalue weighted by Crippen LogP contribution is -2.41. The average molecular weight is 461 g/mol. The molecule has 0 radical (unpaired) electrons. The quantitative estimate of drug-likeness (QED) is 0.388. The number of nitrogens with zero attached hydrogens (tertiary/aromatic N) is 3. The van der Waals surface area contributed by atoms with Crippen LogP contribution < -0.4 is 15.5 Å². The molecule has 0 aromatic carbocycles. The molecule has 6 nitrogen and oxygen atoms in total. The van der Waals surface area contributed by atoms with E-state index in [9.17, 15) is 0 Å². The van der Waals surface area contributed by atoms with Crippen LogP contribution in [0.5, 0.6) is 0 Å². The highest BCUT2D eigenvalue weighted by atomic mass is 127. The van der Waals surface area contributed by atoms with Gasteiger partial charge in [0.1, 0.15) is 5.82 Å². The lowest BCUT2D eigenvalue weighted by atomic mass is 10.1. The van der Waals surface area contributed by atoms with Gasteiger partial charge >= 0.3 is 0 Å². The molecule has 1 atom stereocenters. The number of morpholine rings is 1. The van der Waals surface area contributed by atoms with Crippen molar-refractivity contribution in [2.75, 3.05) is 38.2 Å². The monoisotopic (exact) mass is 461 g/mol. The van der Waals surface area contributed by atoms with Gasteiger partial charge < -0.3 is 20.3 Å². The zero-order valence-electron chi connectivity index (χ0n) is 15.8. The Morgan fingerprint density at radius 2 is 2.20 bits per heavy atom. The summed E-state index contributed by atoms with van der Waals surface area (Å²) in [5.74, 6) is 2.55. The largest absolute Gasteiger partial charge is 0.375 e. The first-order valence-corrected chi connectivity index (χ1v) is 8.84. The second kappa shape index (κ2) is 11.5. The molecule has 1 aromatic heterocycles. The van der Waals surface area contributed by atoms with Crippen LogP contribution in [0, 0.1) is 5.92 Å². The maximum Gasteiger partial charge on any atom is 0.191 e. The first-order valence-electron chi connectivity index (χ1n) is 8.84. The van der Waals surface area contributed by atoms with E-state index in [1.807, 2.05) is 6.20 Å². The molecule has 2 heterocycles. The average Bonchev–Trinajstić information content (AvgIpc) is 2.58. The molecule has 0 saturated carbocycles. The van der Waals surface area contributed by atoms with Gasteiger partial charge in [0.15, 0.2) is 5.96 Å². The van der Waals surface area contributed by atoms with Crippen LogP contribution in [0.15, 0.2) is 23.3 Å². The van der Waals surface area contributed by atoms with E-state index in [-0.39, 0.29) is 30.1 Å². The van der Waals surface area contributed by atoms with Crippen molar-refractivity contribution in [2.24, 2.45) is 10.9 Å². The Hall–Kier alpha value is -1.09. The Balaban J connectivity index is 0.00000312. The van der Waals surface area contributed by atoms with Crippen molar-refractivity contribution in [3.8, 4) is 0 Å². The molecule has 2 N–H and O–H groups in total. The van der Waals surface area contributed by atoms with Gasteiger partial charge in [0, 0.05) is 39.4 Å². The van der Waals surface area contributed by atoms with Crippen molar-refractivity contribution in [1.82, 2.24) is 15.6 Å². The summed E-state index contributed by atoms with van der Waals surface area (Å²) in [6, 6.07) is 4.21. The van der Waals surface area contributed by atoms with Crippen molar-refractivity contribution in [3.05, 3.63) is 23.9 Å². The summed E-state index contributed by atoms with van der Waals surface area (Å²) in [5, 5.41) is 6.67. The molecule has 25 heavy (non-hydrogen) atoms. The Bertz CT molecular complexity index is 521. The lowest BCUT2D eigenvalue weighted by molar-refractivity contribution is 0.0529. The zero-order chi connectivity index (χ0) is 17.4. The highest BCUT2D eigenvalue weighted by Gasteiger charge is 2.17. The second-order valence-electron chi connectivity index (χ2n) is 6.69. The number of ether oxygens (including phenoxy) is 1.